The van der Waals surface area contributed by atoms with E-state index in [1.54, 1.807) is 32.0 Å². The summed E-state index contributed by atoms with van der Waals surface area (Å²) in [6, 6.07) is 5.68. The van der Waals surface area contributed by atoms with E-state index in [2.05, 4.69) is 4.90 Å². The average molecular weight is 479 g/mol. The maximum absolute atomic E-state index is 12.5. The zero-order valence-electron chi connectivity index (χ0n) is 19.8. The van der Waals surface area contributed by atoms with Crippen molar-refractivity contribution in [2.45, 2.75) is 50.4 Å². The zero-order chi connectivity index (χ0) is 23.8. The molecule has 0 saturated carbocycles. The van der Waals surface area contributed by atoms with Crippen molar-refractivity contribution in [2.24, 2.45) is 0 Å². The number of hydrogen-bond donors (Lipinski definition) is 1. The highest BCUT2D eigenvalue weighted by Gasteiger charge is 2.41. The van der Waals surface area contributed by atoms with Crippen LogP contribution in [0.2, 0.25) is 5.02 Å². The molecule has 0 spiro atoms. The number of β-amino-alcohol motifs (C(OH)–C–C–N with tert-alkyl or cyclic N) is 1. The van der Waals surface area contributed by atoms with Crippen molar-refractivity contribution in [3.05, 3.63) is 28.8 Å². The quantitative estimate of drug-likeness (QED) is 0.720. The van der Waals surface area contributed by atoms with Crippen molar-refractivity contribution in [1.82, 2.24) is 14.7 Å². The molecular formula is C24H35ClN4O4. The van der Waals surface area contributed by atoms with Crippen molar-refractivity contribution in [1.29, 1.82) is 0 Å². The van der Waals surface area contributed by atoms with Crippen molar-refractivity contribution in [3.8, 4) is 0 Å². The van der Waals surface area contributed by atoms with Crippen LogP contribution < -0.4 is 4.90 Å². The largest absolute Gasteiger partial charge is 0.386 e. The maximum atomic E-state index is 12.5. The summed E-state index contributed by atoms with van der Waals surface area (Å²) in [5, 5.41) is 10.3. The molecular weight excluding hydrogens is 444 g/mol. The zero-order valence-corrected chi connectivity index (χ0v) is 20.6. The van der Waals surface area contributed by atoms with Crippen LogP contribution in [-0.4, -0.2) is 103 Å². The highest BCUT2D eigenvalue weighted by molar-refractivity contribution is 6.34. The Morgan fingerprint density at radius 3 is 2.12 bits per heavy atom. The molecule has 3 aliphatic heterocycles. The van der Waals surface area contributed by atoms with Crippen LogP contribution >= 0.6 is 11.6 Å². The molecule has 3 heterocycles. The highest BCUT2D eigenvalue weighted by atomic mass is 35.5. The van der Waals surface area contributed by atoms with Gasteiger partial charge in [-0.25, -0.2) is 4.79 Å². The van der Waals surface area contributed by atoms with Crippen LogP contribution in [0, 0.1) is 0 Å². The number of urea groups is 1. The summed E-state index contributed by atoms with van der Waals surface area (Å²) in [6.45, 7) is 5.77. The molecule has 1 N–H and O–H groups in total. The molecule has 0 atom stereocenters. The van der Waals surface area contributed by atoms with E-state index in [1.165, 1.54) is 4.90 Å². The monoisotopic (exact) mass is 478 g/mol. The Labute approximate surface area is 201 Å². The smallest absolute Gasteiger partial charge is 0.320 e. The van der Waals surface area contributed by atoms with E-state index in [-0.39, 0.29) is 24.1 Å². The number of aliphatic hydroxyl groups is 1. The molecule has 0 radical (unpaired) electrons. The number of likely N-dealkylation sites (tertiary alicyclic amines) is 2. The van der Waals surface area contributed by atoms with Crippen molar-refractivity contribution >= 4 is 29.2 Å². The highest BCUT2D eigenvalue weighted by Crippen LogP contribution is 2.29. The Bertz CT molecular complexity index is 869. The van der Waals surface area contributed by atoms with Gasteiger partial charge in [0, 0.05) is 46.0 Å². The molecule has 182 valence electrons. The van der Waals surface area contributed by atoms with Gasteiger partial charge in [-0.1, -0.05) is 11.6 Å². The molecule has 0 aromatic heterocycles. The number of nitrogens with zero attached hydrogens (tertiary/aromatic N) is 4. The molecule has 3 fully saturated rings. The van der Waals surface area contributed by atoms with Crippen molar-refractivity contribution in [3.63, 3.8) is 0 Å². The minimum Gasteiger partial charge on any atom is -0.386 e. The number of piperidine rings is 2. The first kappa shape index (κ1) is 24.1. The molecule has 0 bridgehead atoms. The molecule has 3 saturated heterocycles. The minimum atomic E-state index is -0.733. The predicted molar refractivity (Wildman–Crippen MR) is 128 cm³/mol. The van der Waals surface area contributed by atoms with E-state index in [9.17, 15) is 14.7 Å². The molecule has 0 aliphatic carbocycles. The summed E-state index contributed by atoms with van der Waals surface area (Å²) in [6.07, 6.45) is 4.01. The van der Waals surface area contributed by atoms with Crippen LogP contribution in [0.4, 0.5) is 10.5 Å². The summed E-state index contributed by atoms with van der Waals surface area (Å²) >= 11 is 6.38. The van der Waals surface area contributed by atoms with Crippen LogP contribution in [0.5, 0.6) is 0 Å². The third kappa shape index (κ3) is 5.55. The van der Waals surface area contributed by atoms with Crippen LogP contribution in [0.15, 0.2) is 18.2 Å². The SMILES string of the molecule is CN(C)C(=O)c1ccc(N2CCC(OC3CCN(C(=O)N4CC(C)(O)C4)CC3)CC2)cc1Cl. The standard InChI is InChI=1S/C24H35ClN4O4/c1-24(32)15-29(16-24)23(31)28-12-8-19(9-13-28)33-18-6-10-27(11-7-18)17-4-5-20(21(25)14-17)22(30)26(2)3/h4-5,14,18-19,32H,6-13,15-16H2,1-3H3. The summed E-state index contributed by atoms with van der Waals surface area (Å²) in [4.78, 5) is 32.1. The number of anilines is 1. The van der Waals surface area contributed by atoms with Gasteiger partial charge in [-0.15, -0.1) is 0 Å². The average Bonchev–Trinajstić information content (AvgIpc) is 2.77. The molecule has 0 unspecified atom stereocenters. The van der Waals surface area contributed by atoms with Gasteiger partial charge in [0.25, 0.3) is 5.91 Å². The topological polar surface area (TPSA) is 76.6 Å². The van der Waals surface area contributed by atoms with Gasteiger partial charge in [-0.2, -0.15) is 0 Å². The Balaban J connectivity index is 1.21. The maximum Gasteiger partial charge on any atom is 0.320 e. The lowest BCUT2D eigenvalue weighted by Gasteiger charge is -2.47. The first-order valence-corrected chi connectivity index (χ1v) is 12.2. The second kappa shape index (κ2) is 9.68. The van der Waals surface area contributed by atoms with E-state index >= 15 is 0 Å². The third-order valence-corrected chi connectivity index (χ3v) is 7.14. The molecule has 9 heteroatoms. The first-order chi connectivity index (χ1) is 15.6. The fraction of sp³-hybridized carbons (Fsp3) is 0.667. The first-order valence-electron chi connectivity index (χ1n) is 11.8. The Morgan fingerprint density at radius 1 is 1.03 bits per heavy atom. The minimum absolute atomic E-state index is 0.0326. The number of amides is 3. The van der Waals surface area contributed by atoms with Gasteiger partial charge in [0.2, 0.25) is 0 Å². The second-order valence-corrected chi connectivity index (χ2v) is 10.4. The Kier molecular flexibility index (Phi) is 7.07. The van der Waals surface area contributed by atoms with Crippen LogP contribution in [0.1, 0.15) is 43.0 Å². The number of rotatable bonds is 4. The third-order valence-electron chi connectivity index (χ3n) is 6.83. The van der Waals surface area contributed by atoms with Gasteiger partial charge in [-0.3, -0.25) is 4.79 Å². The lowest BCUT2D eigenvalue weighted by atomic mass is 9.97. The van der Waals surface area contributed by atoms with Gasteiger partial charge in [0.1, 0.15) is 0 Å². The van der Waals surface area contributed by atoms with Crippen molar-refractivity contribution in [2.75, 3.05) is 58.3 Å². The van der Waals surface area contributed by atoms with Crippen LogP contribution in [0.3, 0.4) is 0 Å². The summed E-state index contributed by atoms with van der Waals surface area (Å²) in [5.74, 6) is -0.0943. The number of halogens is 1. The fourth-order valence-electron chi connectivity index (χ4n) is 4.93. The number of carbonyl (C=O) groups excluding carboxylic acids is 2. The van der Waals surface area contributed by atoms with Gasteiger partial charge in [0.05, 0.1) is 41.5 Å². The second-order valence-electron chi connectivity index (χ2n) is 10.0. The predicted octanol–water partition coefficient (Wildman–Crippen LogP) is 2.68. The molecule has 33 heavy (non-hydrogen) atoms. The van der Waals surface area contributed by atoms with Crippen LogP contribution in [-0.2, 0) is 4.74 Å². The molecule has 4 rings (SSSR count). The van der Waals surface area contributed by atoms with Gasteiger partial charge in [0.15, 0.2) is 0 Å². The summed E-state index contributed by atoms with van der Waals surface area (Å²) < 4.78 is 6.38. The molecule has 1 aromatic carbocycles. The molecule has 3 aliphatic rings. The molecule has 8 nitrogen and oxygen atoms in total. The molecule has 3 amide bonds. The summed E-state index contributed by atoms with van der Waals surface area (Å²) in [7, 11) is 3.44. The number of benzene rings is 1. The van der Waals surface area contributed by atoms with Crippen molar-refractivity contribution < 1.29 is 19.4 Å². The number of hydrogen-bond acceptors (Lipinski definition) is 5. The van der Waals surface area contributed by atoms with E-state index < -0.39 is 5.60 Å². The van der Waals surface area contributed by atoms with E-state index in [0.717, 1.165) is 44.5 Å². The van der Waals surface area contributed by atoms with Gasteiger partial charge >= 0.3 is 6.03 Å². The van der Waals surface area contributed by atoms with E-state index in [4.69, 9.17) is 16.3 Å². The Hall–Kier alpha value is -2.03. The Morgan fingerprint density at radius 2 is 1.61 bits per heavy atom. The summed E-state index contributed by atoms with van der Waals surface area (Å²) in [5.41, 5.74) is 0.821. The van der Waals surface area contributed by atoms with E-state index in [1.807, 2.05) is 17.0 Å². The van der Waals surface area contributed by atoms with Crippen LogP contribution in [0.25, 0.3) is 0 Å². The van der Waals surface area contributed by atoms with E-state index in [0.29, 0.717) is 36.8 Å². The van der Waals surface area contributed by atoms with Gasteiger partial charge in [-0.05, 0) is 50.8 Å². The number of carbonyl (C=O) groups is 2. The fourth-order valence-corrected chi connectivity index (χ4v) is 5.19. The normalized spacial score (nSPS) is 21.7. The lowest BCUT2D eigenvalue weighted by Crippen LogP contribution is -2.64. The number of ether oxygens (including phenoxy) is 1. The van der Waals surface area contributed by atoms with Gasteiger partial charge < -0.3 is 29.4 Å². The lowest BCUT2D eigenvalue weighted by molar-refractivity contribution is -0.0744. The molecule has 1 aromatic rings.